The van der Waals surface area contributed by atoms with Crippen molar-refractivity contribution in [3.63, 3.8) is 0 Å². The molecule has 0 unspecified atom stereocenters. The number of para-hydroxylation sites is 1. The minimum absolute atomic E-state index is 0.0446. The maximum Gasteiger partial charge on any atom is 0.234 e. The lowest BCUT2D eigenvalue weighted by molar-refractivity contribution is -0.113. The van der Waals surface area contributed by atoms with Gasteiger partial charge in [0.2, 0.25) is 5.91 Å². The molecule has 0 atom stereocenters. The Bertz CT molecular complexity index is 1010. The number of carbonyl (C=O) groups excluding carboxylic acids is 1. The van der Waals surface area contributed by atoms with Crippen LogP contribution in [0.4, 0.5) is 11.5 Å². The number of benzene rings is 2. The van der Waals surface area contributed by atoms with Gasteiger partial charge in [-0.2, -0.15) is 0 Å². The Labute approximate surface area is 175 Å². The molecule has 1 amide bonds. The van der Waals surface area contributed by atoms with Gasteiger partial charge in [0.15, 0.2) is 5.16 Å². The first kappa shape index (κ1) is 19.5. The van der Waals surface area contributed by atoms with Crippen LogP contribution in [0.5, 0.6) is 0 Å². The predicted octanol–water partition coefficient (Wildman–Crippen LogP) is 4.33. The number of anilines is 2. The van der Waals surface area contributed by atoms with Crippen LogP contribution in [-0.2, 0) is 24.2 Å². The first-order chi connectivity index (χ1) is 14.2. The molecule has 3 aromatic rings. The van der Waals surface area contributed by atoms with Crippen molar-refractivity contribution in [1.29, 1.82) is 0 Å². The van der Waals surface area contributed by atoms with Crippen molar-refractivity contribution in [3.05, 3.63) is 77.5 Å². The molecule has 29 heavy (non-hydrogen) atoms. The highest BCUT2D eigenvalue weighted by molar-refractivity contribution is 7.99. The Morgan fingerprint density at radius 1 is 1.10 bits per heavy atom. The number of hydrogen-bond acceptors (Lipinski definition) is 5. The van der Waals surface area contributed by atoms with Gasteiger partial charge in [0.25, 0.3) is 0 Å². The third kappa shape index (κ3) is 4.77. The van der Waals surface area contributed by atoms with Crippen LogP contribution < -0.4 is 10.2 Å². The van der Waals surface area contributed by atoms with Crippen LogP contribution >= 0.6 is 11.8 Å². The lowest BCUT2D eigenvalue weighted by Gasteiger charge is -2.29. The number of amides is 1. The van der Waals surface area contributed by atoms with E-state index in [4.69, 9.17) is 0 Å². The second-order valence-corrected chi connectivity index (χ2v) is 7.93. The number of hydrogen-bond donors (Lipinski definition) is 1. The van der Waals surface area contributed by atoms with E-state index < -0.39 is 0 Å². The standard InChI is InChI=1S/C23H24N4OS/c1-2-17-7-5-6-10-20(17)25-22(28)16-29-23-24-13-11-21(26-23)27-14-12-18-8-3-4-9-19(18)15-27/h3-11,13H,2,12,14-16H2,1H3,(H,25,28). The molecule has 2 aromatic carbocycles. The molecule has 0 fully saturated rings. The molecule has 1 aromatic heterocycles. The van der Waals surface area contributed by atoms with Gasteiger partial charge in [-0.25, -0.2) is 9.97 Å². The van der Waals surface area contributed by atoms with Gasteiger partial charge in [-0.05, 0) is 41.7 Å². The van der Waals surface area contributed by atoms with Crippen LogP contribution in [0.1, 0.15) is 23.6 Å². The zero-order valence-corrected chi connectivity index (χ0v) is 17.3. The second kappa shape index (κ2) is 9.09. The van der Waals surface area contributed by atoms with E-state index in [2.05, 4.69) is 51.4 Å². The van der Waals surface area contributed by atoms with Gasteiger partial charge in [0.05, 0.1) is 5.75 Å². The molecule has 1 aliphatic rings. The number of fused-ring (bicyclic) bond motifs is 1. The fourth-order valence-corrected chi connectivity index (χ4v) is 4.16. The molecule has 1 aliphatic heterocycles. The van der Waals surface area contributed by atoms with Gasteiger partial charge < -0.3 is 10.2 Å². The Morgan fingerprint density at radius 3 is 2.76 bits per heavy atom. The van der Waals surface area contributed by atoms with Gasteiger partial charge in [0.1, 0.15) is 5.82 Å². The smallest absolute Gasteiger partial charge is 0.234 e. The number of aromatic nitrogens is 2. The molecule has 5 nitrogen and oxygen atoms in total. The molecule has 0 radical (unpaired) electrons. The van der Waals surface area contributed by atoms with Gasteiger partial charge in [0, 0.05) is 25.0 Å². The molecule has 4 rings (SSSR count). The summed E-state index contributed by atoms with van der Waals surface area (Å²) in [5.74, 6) is 1.15. The fraction of sp³-hybridized carbons (Fsp3) is 0.261. The number of aryl methyl sites for hydroxylation is 1. The first-order valence-corrected chi connectivity index (χ1v) is 10.9. The van der Waals surface area contributed by atoms with Gasteiger partial charge in [-0.3, -0.25) is 4.79 Å². The zero-order chi connectivity index (χ0) is 20.1. The maximum absolute atomic E-state index is 12.4. The highest BCUT2D eigenvalue weighted by Crippen LogP contribution is 2.24. The molecule has 0 bridgehead atoms. The molecular formula is C23H24N4OS. The highest BCUT2D eigenvalue weighted by Gasteiger charge is 2.17. The van der Waals surface area contributed by atoms with Crippen molar-refractivity contribution in [1.82, 2.24) is 9.97 Å². The predicted molar refractivity (Wildman–Crippen MR) is 118 cm³/mol. The van der Waals surface area contributed by atoms with Crippen LogP contribution in [0.3, 0.4) is 0 Å². The first-order valence-electron chi connectivity index (χ1n) is 9.88. The molecule has 0 aliphatic carbocycles. The Kier molecular flexibility index (Phi) is 6.10. The number of nitrogens with zero attached hydrogens (tertiary/aromatic N) is 3. The minimum atomic E-state index is -0.0446. The third-order valence-electron chi connectivity index (χ3n) is 5.08. The summed E-state index contributed by atoms with van der Waals surface area (Å²) in [5.41, 5.74) is 4.77. The van der Waals surface area contributed by atoms with Crippen LogP contribution in [0.2, 0.25) is 0 Å². The van der Waals surface area contributed by atoms with Crippen molar-refractivity contribution in [2.75, 3.05) is 22.5 Å². The molecule has 6 heteroatoms. The van der Waals surface area contributed by atoms with E-state index >= 15 is 0 Å². The van der Waals surface area contributed by atoms with Gasteiger partial charge in [-0.15, -0.1) is 0 Å². The summed E-state index contributed by atoms with van der Waals surface area (Å²) in [5, 5.41) is 3.62. The van der Waals surface area contributed by atoms with Crippen molar-refractivity contribution in [3.8, 4) is 0 Å². The van der Waals surface area contributed by atoms with Crippen LogP contribution in [-0.4, -0.2) is 28.2 Å². The van der Waals surface area contributed by atoms with E-state index in [0.717, 1.165) is 43.0 Å². The molecule has 148 valence electrons. The Balaban J connectivity index is 1.37. The Morgan fingerprint density at radius 2 is 1.90 bits per heavy atom. The van der Waals surface area contributed by atoms with Crippen LogP contribution in [0.25, 0.3) is 0 Å². The van der Waals surface area contributed by atoms with E-state index in [-0.39, 0.29) is 11.7 Å². The molecule has 2 heterocycles. The van der Waals surface area contributed by atoms with Crippen molar-refractivity contribution in [2.45, 2.75) is 31.5 Å². The lowest BCUT2D eigenvalue weighted by atomic mass is 10.00. The average molecular weight is 405 g/mol. The monoisotopic (exact) mass is 404 g/mol. The van der Waals surface area contributed by atoms with Crippen molar-refractivity contribution >= 4 is 29.2 Å². The van der Waals surface area contributed by atoms with Crippen LogP contribution in [0, 0.1) is 0 Å². The summed E-state index contributed by atoms with van der Waals surface area (Å²) in [4.78, 5) is 23.7. The highest BCUT2D eigenvalue weighted by atomic mass is 32.2. The quantitative estimate of drug-likeness (QED) is 0.489. The van der Waals surface area contributed by atoms with Gasteiger partial charge in [-0.1, -0.05) is 61.2 Å². The summed E-state index contributed by atoms with van der Waals surface area (Å²) in [6.07, 6.45) is 3.67. The molecule has 1 N–H and O–H groups in total. The Hall–Kier alpha value is -2.86. The molecule has 0 saturated heterocycles. The number of thioether (sulfide) groups is 1. The SMILES string of the molecule is CCc1ccccc1NC(=O)CSc1nccc(N2CCc3ccccc3C2)n1. The largest absolute Gasteiger partial charge is 0.352 e. The third-order valence-corrected chi connectivity index (χ3v) is 5.94. The topological polar surface area (TPSA) is 58.1 Å². The fourth-order valence-electron chi connectivity index (χ4n) is 3.54. The average Bonchev–Trinajstić information content (AvgIpc) is 2.78. The lowest BCUT2D eigenvalue weighted by Crippen LogP contribution is -2.31. The van der Waals surface area contributed by atoms with Crippen LogP contribution in [0.15, 0.2) is 66.0 Å². The maximum atomic E-state index is 12.4. The second-order valence-electron chi connectivity index (χ2n) is 6.99. The summed E-state index contributed by atoms with van der Waals surface area (Å²) in [7, 11) is 0. The van der Waals surface area contributed by atoms with E-state index in [1.54, 1.807) is 6.20 Å². The van der Waals surface area contributed by atoms with Crippen molar-refractivity contribution < 1.29 is 4.79 Å². The zero-order valence-electron chi connectivity index (χ0n) is 16.5. The summed E-state index contributed by atoms with van der Waals surface area (Å²) in [6.45, 7) is 3.87. The van der Waals surface area contributed by atoms with E-state index in [0.29, 0.717) is 5.16 Å². The minimum Gasteiger partial charge on any atom is -0.352 e. The van der Waals surface area contributed by atoms with E-state index in [9.17, 15) is 4.79 Å². The van der Waals surface area contributed by atoms with E-state index in [1.807, 2.05) is 30.3 Å². The number of carbonyl (C=O) groups is 1. The van der Waals surface area contributed by atoms with Crippen molar-refractivity contribution in [2.24, 2.45) is 0 Å². The summed E-state index contributed by atoms with van der Waals surface area (Å²) < 4.78 is 0. The van der Waals surface area contributed by atoms with E-state index in [1.165, 1.54) is 22.9 Å². The summed E-state index contributed by atoms with van der Waals surface area (Å²) >= 11 is 1.36. The molecular weight excluding hydrogens is 380 g/mol. The van der Waals surface area contributed by atoms with Gasteiger partial charge >= 0.3 is 0 Å². The molecule has 0 saturated carbocycles. The molecule has 0 spiro atoms. The summed E-state index contributed by atoms with van der Waals surface area (Å²) in [6, 6.07) is 18.4. The normalized spacial score (nSPS) is 13.1. The number of nitrogens with one attached hydrogen (secondary N) is 1. The number of rotatable bonds is 6.